The lowest BCUT2D eigenvalue weighted by atomic mass is 10.2. The minimum atomic E-state index is 0.555. The van der Waals surface area contributed by atoms with Crippen molar-refractivity contribution >= 4 is 11.6 Å². The third kappa shape index (κ3) is 10.2. The van der Waals surface area contributed by atoms with Gasteiger partial charge in [-0.2, -0.15) is 0 Å². The molecule has 2 aromatic carbocycles. The number of unbranched alkanes of at least 4 members (excludes halogenated alkanes) is 2. The molecule has 0 aliphatic carbocycles. The van der Waals surface area contributed by atoms with Crippen LogP contribution in [0.4, 0.5) is 0 Å². The highest BCUT2D eigenvalue weighted by atomic mass is 35.5. The Hall–Kier alpha value is -1.55. The van der Waals surface area contributed by atoms with E-state index in [1.807, 2.05) is 30.3 Å². The number of hydrogen-bond donors (Lipinski definition) is 1. The summed E-state index contributed by atoms with van der Waals surface area (Å²) in [6, 6.07) is 16.1. The van der Waals surface area contributed by atoms with E-state index >= 15 is 0 Å². The summed E-state index contributed by atoms with van der Waals surface area (Å²) in [5.74, 6) is 0.907. The maximum absolute atomic E-state index is 5.93. The van der Waals surface area contributed by atoms with Gasteiger partial charge >= 0.3 is 0 Å². The van der Waals surface area contributed by atoms with E-state index in [-0.39, 0.29) is 0 Å². The summed E-state index contributed by atoms with van der Waals surface area (Å²) in [4.78, 5) is 2.62. The Morgan fingerprint density at radius 2 is 1.55 bits per heavy atom. The molecule has 0 aromatic heterocycles. The Labute approximate surface area is 182 Å². The van der Waals surface area contributed by atoms with Gasteiger partial charge in [-0.3, -0.25) is 0 Å². The molecule has 0 saturated carbocycles. The minimum Gasteiger partial charge on any atom is -0.489 e. The number of hydrogen-bond acceptors (Lipinski definition) is 3. The lowest BCUT2D eigenvalue weighted by molar-refractivity contribution is 0.261. The second-order valence-corrected chi connectivity index (χ2v) is 8.08. The molecule has 0 heterocycles. The highest BCUT2D eigenvalue weighted by molar-refractivity contribution is 6.30. The van der Waals surface area contributed by atoms with Crippen LogP contribution in [0.15, 0.2) is 48.5 Å². The average molecular weight is 417 g/mol. The van der Waals surface area contributed by atoms with Crippen LogP contribution in [-0.2, 0) is 13.2 Å². The number of ether oxygens (including phenoxy) is 1. The van der Waals surface area contributed by atoms with E-state index in [0.29, 0.717) is 6.61 Å². The van der Waals surface area contributed by atoms with E-state index in [9.17, 15) is 0 Å². The smallest absolute Gasteiger partial charge is 0.120 e. The van der Waals surface area contributed by atoms with Gasteiger partial charge < -0.3 is 15.0 Å². The zero-order valence-corrected chi connectivity index (χ0v) is 18.9. The predicted molar refractivity (Wildman–Crippen MR) is 125 cm³/mol. The fraction of sp³-hybridized carbons (Fsp3) is 0.520. The van der Waals surface area contributed by atoms with Crippen molar-refractivity contribution in [2.75, 3.05) is 26.2 Å². The maximum Gasteiger partial charge on any atom is 0.120 e. The van der Waals surface area contributed by atoms with Gasteiger partial charge in [-0.15, -0.1) is 0 Å². The maximum atomic E-state index is 5.93. The standard InChI is InChI=1S/C25H37ClN2O/c1-3-5-16-28(17-6-4-2)18-8-15-27-20-23-9-7-10-25(19-23)29-21-22-11-13-24(26)14-12-22/h7,9-14,19,27H,3-6,8,15-18,20-21H2,1-2H3. The van der Waals surface area contributed by atoms with Crippen LogP contribution in [-0.4, -0.2) is 31.1 Å². The van der Waals surface area contributed by atoms with E-state index < -0.39 is 0 Å². The fourth-order valence-corrected chi connectivity index (χ4v) is 3.38. The second kappa shape index (κ2) is 14.4. The van der Waals surface area contributed by atoms with Crippen LogP contribution < -0.4 is 10.1 Å². The first-order valence-electron chi connectivity index (χ1n) is 11.1. The number of benzene rings is 2. The number of halogens is 1. The first kappa shape index (κ1) is 23.7. The van der Waals surface area contributed by atoms with Crippen LogP contribution in [0.2, 0.25) is 5.02 Å². The fourth-order valence-electron chi connectivity index (χ4n) is 3.25. The molecular weight excluding hydrogens is 380 g/mol. The van der Waals surface area contributed by atoms with Crippen molar-refractivity contribution in [1.29, 1.82) is 0 Å². The van der Waals surface area contributed by atoms with Gasteiger partial charge in [-0.1, -0.05) is 62.6 Å². The molecule has 3 nitrogen and oxygen atoms in total. The molecule has 1 N–H and O–H groups in total. The van der Waals surface area contributed by atoms with E-state index in [0.717, 1.165) is 29.4 Å². The van der Waals surface area contributed by atoms with Gasteiger partial charge in [0, 0.05) is 11.6 Å². The molecule has 0 spiro atoms. The Bertz CT molecular complexity index is 667. The molecule has 29 heavy (non-hydrogen) atoms. The molecule has 0 bridgehead atoms. The van der Waals surface area contributed by atoms with Crippen molar-refractivity contribution in [3.63, 3.8) is 0 Å². The molecule has 2 aromatic rings. The summed E-state index contributed by atoms with van der Waals surface area (Å²) in [5, 5.41) is 4.33. The molecule has 0 unspecified atom stereocenters. The molecule has 160 valence electrons. The van der Waals surface area contributed by atoms with E-state index in [4.69, 9.17) is 16.3 Å². The largest absolute Gasteiger partial charge is 0.489 e. The first-order valence-corrected chi connectivity index (χ1v) is 11.5. The second-order valence-electron chi connectivity index (χ2n) is 7.64. The van der Waals surface area contributed by atoms with Gasteiger partial charge in [0.05, 0.1) is 0 Å². The van der Waals surface area contributed by atoms with Crippen molar-refractivity contribution in [3.05, 3.63) is 64.7 Å². The molecule has 2 rings (SSSR count). The SMILES string of the molecule is CCCCN(CCCC)CCCNCc1cccc(OCc2ccc(Cl)cc2)c1. The van der Waals surface area contributed by atoms with Crippen LogP contribution in [0.25, 0.3) is 0 Å². The molecular formula is C25H37ClN2O. The zero-order chi connectivity index (χ0) is 20.7. The molecule has 0 radical (unpaired) electrons. The van der Waals surface area contributed by atoms with Crippen LogP contribution in [0.1, 0.15) is 57.1 Å². The highest BCUT2D eigenvalue weighted by Gasteiger charge is 2.04. The van der Waals surface area contributed by atoms with Gasteiger partial charge in [0.25, 0.3) is 0 Å². The normalized spacial score (nSPS) is 11.2. The zero-order valence-electron chi connectivity index (χ0n) is 18.1. The van der Waals surface area contributed by atoms with Crippen LogP contribution >= 0.6 is 11.6 Å². The van der Waals surface area contributed by atoms with Crippen molar-refractivity contribution < 1.29 is 4.74 Å². The first-order chi connectivity index (χ1) is 14.2. The summed E-state index contributed by atoms with van der Waals surface area (Å²) in [7, 11) is 0. The Morgan fingerprint density at radius 3 is 2.24 bits per heavy atom. The van der Waals surface area contributed by atoms with Crippen LogP contribution in [0.3, 0.4) is 0 Å². The Kier molecular flexibility index (Phi) is 11.8. The summed E-state index contributed by atoms with van der Waals surface area (Å²) in [6.45, 7) is 10.7. The quantitative estimate of drug-likeness (QED) is 0.345. The summed E-state index contributed by atoms with van der Waals surface area (Å²) in [6.07, 6.45) is 6.36. The van der Waals surface area contributed by atoms with Crippen molar-refractivity contribution in [2.24, 2.45) is 0 Å². The molecule has 0 amide bonds. The predicted octanol–water partition coefficient (Wildman–Crippen LogP) is 6.30. The van der Waals surface area contributed by atoms with E-state index in [2.05, 4.69) is 42.3 Å². The monoisotopic (exact) mass is 416 g/mol. The van der Waals surface area contributed by atoms with Crippen LogP contribution in [0, 0.1) is 0 Å². The van der Waals surface area contributed by atoms with Gasteiger partial charge in [0.2, 0.25) is 0 Å². The summed E-state index contributed by atoms with van der Waals surface area (Å²) < 4.78 is 5.93. The van der Waals surface area contributed by atoms with E-state index in [1.54, 1.807) is 0 Å². The van der Waals surface area contributed by atoms with Gasteiger partial charge in [-0.25, -0.2) is 0 Å². The molecule has 0 fully saturated rings. The van der Waals surface area contributed by atoms with Crippen molar-refractivity contribution in [2.45, 2.75) is 59.1 Å². The molecule has 0 atom stereocenters. The van der Waals surface area contributed by atoms with Crippen molar-refractivity contribution in [1.82, 2.24) is 10.2 Å². The highest BCUT2D eigenvalue weighted by Crippen LogP contribution is 2.16. The van der Waals surface area contributed by atoms with Crippen LogP contribution in [0.5, 0.6) is 5.75 Å². The molecule has 0 aliphatic heterocycles. The van der Waals surface area contributed by atoms with Crippen molar-refractivity contribution in [3.8, 4) is 5.75 Å². The number of nitrogens with zero attached hydrogens (tertiary/aromatic N) is 1. The topological polar surface area (TPSA) is 24.5 Å². The number of nitrogens with one attached hydrogen (secondary N) is 1. The molecule has 0 saturated heterocycles. The minimum absolute atomic E-state index is 0.555. The molecule has 4 heteroatoms. The number of rotatable bonds is 15. The lowest BCUT2D eigenvalue weighted by Gasteiger charge is -2.22. The molecule has 0 aliphatic rings. The lowest BCUT2D eigenvalue weighted by Crippen LogP contribution is -2.29. The van der Waals surface area contributed by atoms with Gasteiger partial charge in [0.1, 0.15) is 12.4 Å². The van der Waals surface area contributed by atoms with Gasteiger partial charge in [-0.05, 0) is 80.8 Å². The summed E-state index contributed by atoms with van der Waals surface area (Å²) in [5.41, 5.74) is 2.38. The summed E-state index contributed by atoms with van der Waals surface area (Å²) >= 11 is 5.93. The van der Waals surface area contributed by atoms with E-state index in [1.165, 1.54) is 57.3 Å². The average Bonchev–Trinajstić information content (AvgIpc) is 2.75. The third-order valence-corrected chi connectivity index (χ3v) is 5.28. The third-order valence-electron chi connectivity index (χ3n) is 5.03. The Morgan fingerprint density at radius 1 is 0.862 bits per heavy atom. The van der Waals surface area contributed by atoms with Gasteiger partial charge in [0.15, 0.2) is 0 Å². The Balaban J connectivity index is 1.68.